The van der Waals surface area contributed by atoms with Gasteiger partial charge in [0.2, 0.25) is 0 Å². The van der Waals surface area contributed by atoms with Crippen LogP contribution in [0.1, 0.15) is 15.9 Å². The smallest absolute Gasteiger partial charge is 0.193 e. The molecule has 0 aliphatic heterocycles. The molecule has 0 saturated heterocycles. The lowest BCUT2D eigenvalue weighted by atomic mass is 10.1. The number of fused-ring (bicyclic) bond motifs is 1. The molecule has 0 aliphatic carbocycles. The van der Waals surface area contributed by atoms with Crippen LogP contribution in [0, 0.1) is 0 Å². The summed E-state index contributed by atoms with van der Waals surface area (Å²) < 4.78 is 0. The number of carbonyl (C=O) groups is 1. The van der Waals surface area contributed by atoms with E-state index in [1.807, 2.05) is 72.8 Å². The Morgan fingerprint density at radius 3 is 2.06 bits per heavy atom. The molecule has 3 rings (SSSR count). The molecule has 0 bridgehead atoms. The quantitative estimate of drug-likeness (QED) is 0.481. The van der Waals surface area contributed by atoms with Gasteiger partial charge in [-0.3, -0.25) is 4.79 Å². The molecule has 1 nitrogen and oxygen atoms in total. The van der Waals surface area contributed by atoms with Gasteiger partial charge >= 0.3 is 0 Å². The molecule has 86 valence electrons. The fourth-order valence-electron chi connectivity index (χ4n) is 2.09. The summed E-state index contributed by atoms with van der Waals surface area (Å²) >= 11 is 0. The van der Waals surface area contributed by atoms with Gasteiger partial charge in [-0.05, 0) is 16.8 Å². The van der Waals surface area contributed by atoms with Crippen LogP contribution in [0.25, 0.3) is 10.8 Å². The van der Waals surface area contributed by atoms with E-state index in [0.29, 0.717) is 0 Å². The van der Waals surface area contributed by atoms with E-state index in [1.165, 1.54) is 0 Å². The molecule has 0 amide bonds. The first-order valence-corrected chi connectivity index (χ1v) is 5.93. The number of benzene rings is 3. The lowest BCUT2D eigenvalue weighted by Crippen LogP contribution is -2.00. The van der Waals surface area contributed by atoms with E-state index in [2.05, 4.69) is 0 Å². The Balaban J connectivity index is 2.07. The Hall–Kier alpha value is -2.41. The lowest BCUT2D eigenvalue weighted by molar-refractivity contribution is 0.103. The highest BCUT2D eigenvalue weighted by Gasteiger charge is 2.08. The summed E-state index contributed by atoms with van der Waals surface area (Å²) in [4.78, 5) is 12.3. The fraction of sp³-hybridized carbons (Fsp3) is 0. The number of carbonyl (C=O) groups excluding carboxylic acids is 1. The monoisotopic (exact) mass is 233 g/mol. The van der Waals surface area contributed by atoms with Gasteiger partial charge in [-0.15, -0.1) is 0 Å². The van der Waals surface area contributed by atoms with Crippen molar-refractivity contribution in [1.82, 2.24) is 0 Å². The van der Waals surface area contributed by atoms with Gasteiger partial charge in [0.15, 0.2) is 5.78 Å². The first kappa shape index (κ1) is 10.7. The molecule has 0 fully saturated rings. The molecule has 0 aromatic heterocycles. The minimum atomic E-state index is 0.0707. The van der Waals surface area contributed by atoms with Gasteiger partial charge in [0.05, 0.1) is 0 Å². The minimum Gasteiger partial charge on any atom is -0.289 e. The van der Waals surface area contributed by atoms with Crippen molar-refractivity contribution in [2.45, 2.75) is 0 Å². The number of ketones is 1. The van der Waals surface area contributed by atoms with Crippen LogP contribution < -0.4 is 0 Å². The van der Waals surface area contributed by atoms with E-state index < -0.39 is 0 Å². The molecule has 0 heterocycles. The molecule has 3 aromatic carbocycles. The summed E-state index contributed by atoms with van der Waals surface area (Å²) in [5.41, 5.74) is 1.47. The number of hydrogen-bond donors (Lipinski definition) is 0. The Morgan fingerprint density at radius 1 is 0.611 bits per heavy atom. The third-order valence-corrected chi connectivity index (χ3v) is 3.05. The van der Waals surface area contributed by atoms with Gasteiger partial charge in [-0.1, -0.05) is 66.7 Å². The zero-order valence-corrected chi connectivity index (χ0v) is 9.84. The van der Waals surface area contributed by atoms with Crippen LogP contribution >= 0.6 is 0 Å². The second-order valence-corrected chi connectivity index (χ2v) is 4.26. The van der Waals surface area contributed by atoms with E-state index in [9.17, 15) is 4.79 Å². The van der Waals surface area contributed by atoms with Crippen molar-refractivity contribution in [3.05, 3.63) is 83.9 Å². The van der Waals surface area contributed by atoms with E-state index >= 15 is 0 Å². The SMILES string of the molecule is O=[13C](c1ccccc1)c1ccc2ccccc2c1. The summed E-state index contributed by atoms with van der Waals surface area (Å²) in [6.07, 6.45) is 0. The fourth-order valence-corrected chi connectivity index (χ4v) is 2.09. The highest BCUT2D eigenvalue weighted by molar-refractivity contribution is 6.10. The van der Waals surface area contributed by atoms with Gasteiger partial charge in [0.1, 0.15) is 0 Å². The topological polar surface area (TPSA) is 17.1 Å². The Morgan fingerprint density at radius 2 is 1.28 bits per heavy atom. The van der Waals surface area contributed by atoms with Crippen LogP contribution in [0.2, 0.25) is 0 Å². The summed E-state index contributed by atoms with van der Waals surface area (Å²) in [6, 6.07) is 23.3. The van der Waals surface area contributed by atoms with Crippen molar-refractivity contribution in [2.24, 2.45) is 0 Å². The predicted octanol–water partition coefficient (Wildman–Crippen LogP) is 4.07. The second kappa shape index (κ2) is 4.46. The van der Waals surface area contributed by atoms with Crippen molar-refractivity contribution >= 4 is 16.6 Å². The van der Waals surface area contributed by atoms with E-state index in [-0.39, 0.29) is 5.78 Å². The molecule has 0 unspecified atom stereocenters. The van der Waals surface area contributed by atoms with Crippen molar-refractivity contribution in [3.8, 4) is 0 Å². The molecule has 18 heavy (non-hydrogen) atoms. The summed E-state index contributed by atoms with van der Waals surface area (Å²) in [6.45, 7) is 0. The standard InChI is InChI=1S/C17H12O/c18-17(14-7-2-1-3-8-14)16-11-10-13-6-4-5-9-15(13)12-16/h1-12H/i17+1. The van der Waals surface area contributed by atoms with Crippen LogP contribution in [0.4, 0.5) is 0 Å². The molecule has 0 aliphatic rings. The third-order valence-electron chi connectivity index (χ3n) is 3.05. The van der Waals surface area contributed by atoms with Crippen molar-refractivity contribution in [2.75, 3.05) is 0 Å². The van der Waals surface area contributed by atoms with Crippen molar-refractivity contribution in [3.63, 3.8) is 0 Å². The molecule has 0 saturated carbocycles. The van der Waals surface area contributed by atoms with Gasteiger partial charge in [0, 0.05) is 11.1 Å². The van der Waals surface area contributed by atoms with Gasteiger partial charge in [0.25, 0.3) is 0 Å². The van der Waals surface area contributed by atoms with Gasteiger partial charge in [-0.2, -0.15) is 0 Å². The average molecular weight is 233 g/mol. The third kappa shape index (κ3) is 1.91. The molecule has 0 radical (unpaired) electrons. The second-order valence-electron chi connectivity index (χ2n) is 4.26. The molecule has 1 heteroatoms. The first-order valence-electron chi connectivity index (χ1n) is 5.93. The maximum absolute atomic E-state index is 12.3. The molecule has 3 aromatic rings. The summed E-state index contributed by atoms with van der Waals surface area (Å²) in [5.74, 6) is 0.0707. The average Bonchev–Trinajstić information content (AvgIpc) is 2.47. The van der Waals surface area contributed by atoms with Crippen LogP contribution in [0.3, 0.4) is 0 Å². The predicted molar refractivity (Wildman–Crippen MR) is 73.8 cm³/mol. The van der Waals surface area contributed by atoms with Crippen LogP contribution in [0.5, 0.6) is 0 Å². The van der Waals surface area contributed by atoms with Crippen molar-refractivity contribution in [1.29, 1.82) is 0 Å². The first-order chi connectivity index (χ1) is 8.84. The zero-order valence-electron chi connectivity index (χ0n) is 9.84. The highest BCUT2D eigenvalue weighted by atomic mass is 16.2. The maximum atomic E-state index is 12.3. The maximum Gasteiger partial charge on any atom is 0.193 e. The van der Waals surface area contributed by atoms with Gasteiger partial charge < -0.3 is 0 Å². The summed E-state index contributed by atoms with van der Waals surface area (Å²) in [7, 11) is 0. The van der Waals surface area contributed by atoms with Crippen LogP contribution in [-0.2, 0) is 0 Å². The lowest BCUT2D eigenvalue weighted by Gasteiger charge is -2.03. The molecular formula is C17H12O. The van der Waals surface area contributed by atoms with Crippen LogP contribution in [0.15, 0.2) is 72.8 Å². The Bertz CT molecular complexity index is 699. The van der Waals surface area contributed by atoms with Crippen molar-refractivity contribution < 1.29 is 4.79 Å². The molecular weight excluding hydrogens is 221 g/mol. The zero-order chi connectivity index (χ0) is 12.4. The highest BCUT2D eigenvalue weighted by Crippen LogP contribution is 2.18. The van der Waals surface area contributed by atoms with Crippen LogP contribution in [-0.4, -0.2) is 5.78 Å². The number of hydrogen-bond acceptors (Lipinski definition) is 1. The minimum absolute atomic E-state index is 0.0707. The normalized spacial score (nSPS) is 10.4. The molecule has 0 spiro atoms. The van der Waals surface area contributed by atoms with E-state index in [0.717, 1.165) is 21.9 Å². The van der Waals surface area contributed by atoms with E-state index in [4.69, 9.17) is 0 Å². The molecule has 0 atom stereocenters. The Kier molecular flexibility index (Phi) is 2.66. The van der Waals surface area contributed by atoms with Gasteiger partial charge in [-0.25, -0.2) is 0 Å². The Labute approximate surface area is 106 Å². The number of rotatable bonds is 2. The largest absolute Gasteiger partial charge is 0.289 e. The van der Waals surface area contributed by atoms with E-state index in [1.54, 1.807) is 0 Å². The molecule has 0 N–H and O–H groups in total. The summed E-state index contributed by atoms with van der Waals surface area (Å²) in [5, 5.41) is 2.25.